The van der Waals surface area contributed by atoms with E-state index in [4.69, 9.17) is 14.6 Å². The van der Waals surface area contributed by atoms with Crippen molar-refractivity contribution >= 4 is 0 Å². The van der Waals surface area contributed by atoms with Gasteiger partial charge in [0.1, 0.15) is 12.4 Å². The highest BCUT2D eigenvalue weighted by Crippen LogP contribution is 2.29. The Balaban J connectivity index is 2.55. The van der Waals surface area contributed by atoms with Crippen molar-refractivity contribution in [2.24, 2.45) is 5.41 Å². The minimum Gasteiger partial charge on any atom is -0.467 e. The fourth-order valence-corrected chi connectivity index (χ4v) is 0.848. The number of aliphatic hydroxyl groups excluding tert-OH is 1. The molecule has 1 fully saturated rings. The van der Waals surface area contributed by atoms with E-state index in [0.717, 1.165) is 0 Å². The van der Waals surface area contributed by atoms with Crippen molar-refractivity contribution in [2.75, 3.05) is 13.2 Å². The van der Waals surface area contributed by atoms with Gasteiger partial charge in [-0.05, 0) is 0 Å². The fourth-order valence-electron chi connectivity index (χ4n) is 0.848. The second-order valence-electron chi connectivity index (χ2n) is 3.45. The Morgan fingerprint density at radius 2 is 2.36 bits per heavy atom. The van der Waals surface area contributed by atoms with Crippen LogP contribution < -0.4 is 0 Å². The average molecular weight is 158 g/mol. The zero-order chi connectivity index (χ0) is 8.48. The summed E-state index contributed by atoms with van der Waals surface area (Å²) in [7, 11) is 0. The molecular formula is C8H14O3. The standard InChI is InChI=1S/C8H14O3/c1-6-4-10-7(11-6)8(2,3)5-9/h7,9H,1,4-5H2,2-3H3. The van der Waals surface area contributed by atoms with E-state index in [1.165, 1.54) is 0 Å². The summed E-state index contributed by atoms with van der Waals surface area (Å²) in [5, 5.41) is 8.95. The van der Waals surface area contributed by atoms with Gasteiger partial charge in [-0.3, -0.25) is 0 Å². The van der Waals surface area contributed by atoms with Crippen LogP contribution in [0.2, 0.25) is 0 Å². The van der Waals surface area contributed by atoms with Gasteiger partial charge < -0.3 is 14.6 Å². The van der Waals surface area contributed by atoms with Gasteiger partial charge in [0.25, 0.3) is 0 Å². The summed E-state index contributed by atoms with van der Waals surface area (Å²) in [5.41, 5.74) is -0.348. The molecule has 1 atom stereocenters. The van der Waals surface area contributed by atoms with Gasteiger partial charge in [-0.25, -0.2) is 0 Å². The lowest BCUT2D eigenvalue weighted by molar-refractivity contribution is -0.127. The quantitative estimate of drug-likeness (QED) is 0.648. The van der Waals surface area contributed by atoms with E-state index < -0.39 is 0 Å². The van der Waals surface area contributed by atoms with Crippen molar-refractivity contribution in [2.45, 2.75) is 20.1 Å². The summed E-state index contributed by atoms with van der Waals surface area (Å²) < 4.78 is 10.5. The molecule has 0 aliphatic carbocycles. The maximum atomic E-state index is 8.95. The molecule has 0 saturated carbocycles. The van der Waals surface area contributed by atoms with Gasteiger partial charge in [0.15, 0.2) is 0 Å². The maximum absolute atomic E-state index is 8.95. The highest BCUT2D eigenvalue weighted by atomic mass is 16.7. The molecule has 1 aliphatic heterocycles. The van der Waals surface area contributed by atoms with Gasteiger partial charge in [0.05, 0.1) is 12.0 Å². The molecule has 1 saturated heterocycles. The molecular weight excluding hydrogens is 144 g/mol. The summed E-state index contributed by atoms with van der Waals surface area (Å²) in [6.45, 7) is 7.88. The van der Waals surface area contributed by atoms with Crippen molar-refractivity contribution in [1.82, 2.24) is 0 Å². The molecule has 1 heterocycles. The Bertz CT molecular complexity index is 163. The van der Waals surface area contributed by atoms with Gasteiger partial charge >= 0.3 is 0 Å². The molecule has 64 valence electrons. The monoisotopic (exact) mass is 158 g/mol. The molecule has 0 amide bonds. The summed E-state index contributed by atoms with van der Waals surface area (Å²) in [4.78, 5) is 0. The molecule has 1 unspecified atom stereocenters. The van der Waals surface area contributed by atoms with Crippen LogP contribution in [0, 0.1) is 5.41 Å². The van der Waals surface area contributed by atoms with E-state index >= 15 is 0 Å². The van der Waals surface area contributed by atoms with E-state index in [9.17, 15) is 0 Å². The lowest BCUT2D eigenvalue weighted by Crippen LogP contribution is -2.33. The van der Waals surface area contributed by atoms with Gasteiger partial charge in [0.2, 0.25) is 6.29 Å². The summed E-state index contributed by atoms with van der Waals surface area (Å²) in [6, 6.07) is 0. The van der Waals surface area contributed by atoms with Crippen LogP contribution in [0.15, 0.2) is 12.3 Å². The Morgan fingerprint density at radius 3 is 2.73 bits per heavy atom. The minimum absolute atomic E-state index is 0.0466. The average Bonchev–Trinajstić information content (AvgIpc) is 2.36. The molecule has 0 bridgehead atoms. The molecule has 0 aromatic rings. The van der Waals surface area contributed by atoms with E-state index in [1.807, 2.05) is 13.8 Å². The van der Waals surface area contributed by atoms with Crippen LogP contribution in [-0.4, -0.2) is 24.6 Å². The number of rotatable bonds is 2. The maximum Gasteiger partial charge on any atom is 0.207 e. The molecule has 11 heavy (non-hydrogen) atoms. The van der Waals surface area contributed by atoms with Crippen LogP contribution in [0.3, 0.4) is 0 Å². The van der Waals surface area contributed by atoms with Crippen LogP contribution in [-0.2, 0) is 9.47 Å². The first-order chi connectivity index (χ1) is 5.06. The third kappa shape index (κ3) is 1.73. The Labute approximate surface area is 66.6 Å². The normalized spacial score (nSPS) is 25.4. The van der Waals surface area contributed by atoms with Crippen molar-refractivity contribution in [3.8, 4) is 0 Å². The van der Waals surface area contributed by atoms with Gasteiger partial charge in [-0.1, -0.05) is 20.4 Å². The third-order valence-corrected chi connectivity index (χ3v) is 1.71. The van der Waals surface area contributed by atoms with Crippen LogP contribution in [0.4, 0.5) is 0 Å². The summed E-state index contributed by atoms with van der Waals surface area (Å²) >= 11 is 0. The van der Waals surface area contributed by atoms with Crippen LogP contribution in [0.25, 0.3) is 0 Å². The molecule has 1 aliphatic rings. The Morgan fingerprint density at radius 1 is 1.73 bits per heavy atom. The molecule has 3 nitrogen and oxygen atoms in total. The largest absolute Gasteiger partial charge is 0.467 e. The smallest absolute Gasteiger partial charge is 0.207 e. The van der Waals surface area contributed by atoms with Crippen LogP contribution in [0.1, 0.15) is 13.8 Å². The number of ether oxygens (including phenoxy) is 2. The van der Waals surface area contributed by atoms with Gasteiger partial charge in [-0.15, -0.1) is 0 Å². The molecule has 1 N–H and O–H groups in total. The summed E-state index contributed by atoms with van der Waals surface area (Å²) in [5.74, 6) is 0.636. The molecule has 0 aromatic carbocycles. The number of hydrogen-bond donors (Lipinski definition) is 1. The minimum atomic E-state index is -0.348. The highest BCUT2D eigenvalue weighted by molar-refractivity contribution is 4.90. The second kappa shape index (κ2) is 2.83. The van der Waals surface area contributed by atoms with Crippen LogP contribution in [0.5, 0.6) is 0 Å². The lowest BCUT2D eigenvalue weighted by atomic mass is 9.94. The third-order valence-electron chi connectivity index (χ3n) is 1.71. The Kier molecular flexibility index (Phi) is 2.20. The van der Waals surface area contributed by atoms with Crippen LogP contribution >= 0.6 is 0 Å². The zero-order valence-corrected chi connectivity index (χ0v) is 6.96. The molecule has 0 aromatic heterocycles. The van der Waals surface area contributed by atoms with Crippen molar-refractivity contribution in [3.05, 3.63) is 12.3 Å². The van der Waals surface area contributed by atoms with Gasteiger partial charge in [0, 0.05) is 0 Å². The summed E-state index contributed by atoms with van der Waals surface area (Å²) in [6.07, 6.45) is -0.347. The van der Waals surface area contributed by atoms with E-state index in [1.54, 1.807) is 0 Å². The first kappa shape index (κ1) is 8.56. The first-order valence-electron chi connectivity index (χ1n) is 3.63. The second-order valence-corrected chi connectivity index (χ2v) is 3.45. The molecule has 0 spiro atoms. The highest BCUT2D eigenvalue weighted by Gasteiger charge is 2.35. The fraction of sp³-hybridized carbons (Fsp3) is 0.750. The molecule has 3 heteroatoms. The molecule has 0 radical (unpaired) electrons. The predicted octanol–water partition coefficient (Wildman–Crippen LogP) is 0.891. The van der Waals surface area contributed by atoms with E-state index in [2.05, 4.69) is 6.58 Å². The first-order valence-corrected chi connectivity index (χ1v) is 3.63. The zero-order valence-electron chi connectivity index (χ0n) is 6.96. The predicted molar refractivity (Wildman–Crippen MR) is 40.8 cm³/mol. The Hall–Kier alpha value is -0.540. The topological polar surface area (TPSA) is 38.7 Å². The van der Waals surface area contributed by atoms with Gasteiger partial charge in [-0.2, -0.15) is 0 Å². The van der Waals surface area contributed by atoms with Crippen molar-refractivity contribution in [1.29, 1.82) is 0 Å². The molecule has 1 rings (SSSR count). The van der Waals surface area contributed by atoms with Crippen molar-refractivity contribution < 1.29 is 14.6 Å². The SMILES string of the molecule is C=C1COC(C(C)(C)CO)O1. The van der Waals surface area contributed by atoms with E-state index in [0.29, 0.717) is 12.4 Å². The number of hydrogen-bond acceptors (Lipinski definition) is 3. The number of aliphatic hydroxyl groups is 1. The van der Waals surface area contributed by atoms with Crippen molar-refractivity contribution in [3.63, 3.8) is 0 Å². The van der Waals surface area contributed by atoms with E-state index in [-0.39, 0.29) is 18.3 Å². The lowest BCUT2D eigenvalue weighted by Gasteiger charge is -2.26.